The van der Waals surface area contributed by atoms with Gasteiger partial charge >= 0.3 is 17.9 Å². The first-order valence-electron chi connectivity index (χ1n) is 36.7. The van der Waals surface area contributed by atoms with Crippen LogP contribution in [0.3, 0.4) is 0 Å². The first-order valence-corrected chi connectivity index (χ1v) is 36.7. The van der Waals surface area contributed by atoms with E-state index < -0.39 is 6.10 Å². The molecule has 0 heterocycles. The Balaban J connectivity index is 4.21. The fourth-order valence-corrected chi connectivity index (χ4v) is 11.5. The van der Waals surface area contributed by atoms with Gasteiger partial charge in [0.15, 0.2) is 6.10 Å². The second-order valence-corrected chi connectivity index (χ2v) is 25.2. The van der Waals surface area contributed by atoms with E-state index in [4.69, 9.17) is 14.2 Å². The minimum Gasteiger partial charge on any atom is -0.462 e. The normalized spacial score (nSPS) is 12.0. The number of hydrogen-bond donors (Lipinski definition) is 0. The van der Waals surface area contributed by atoms with Gasteiger partial charge < -0.3 is 14.2 Å². The van der Waals surface area contributed by atoms with Gasteiger partial charge in [-0.1, -0.05) is 373 Å². The summed E-state index contributed by atoms with van der Waals surface area (Å²) in [6.45, 7) is 6.74. The van der Waals surface area contributed by atoms with Gasteiger partial charge in [-0.25, -0.2) is 0 Å². The Morgan fingerprint density at radius 2 is 0.412 bits per heavy atom. The smallest absolute Gasteiger partial charge is 0.306 e. The Morgan fingerprint density at radius 1 is 0.237 bits per heavy atom. The second-order valence-electron chi connectivity index (χ2n) is 25.2. The molecule has 1 unspecified atom stereocenters. The molecule has 0 aromatic heterocycles. The van der Waals surface area contributed by atoms with Crippen LogP contribution in [0.2, 0.25) is 0 Å². The molecule has 0 saturated heterocycles. The van der Waals surface area contributed by atoms with Gasteiger partial charge in [0.05, 0.1) is 0 Å². The maximum Gasteiger partial charge on any atom is 0.306 e. The quantitative estimate of drug-likeness (QED) is 0.0261. The van der Waals surface area contributed by atoms with Gasteiger partial charge in [0.1, 0.15) is 13.2 Å². The molecule has 0 amide bonds. The van der Waals surface area contributed by atoms with Crippen LogP contribution >= 0.6 is 0 Å². The van der Waals surface area contributed by atoms with E-state index in [1.54, 1.807) is 0 Å². The molecule has 0 radical (unpaired) electrons. The summed E-state index contributed by atoms with van der Waals surface area (Å²) in [5, 5.41) is 0. The third kappa shape index (κ3) is 66.9. The van der Waals surface area contributed by atoms with Gasteiger partial charge in [-0.05, 0) is 44.9 Å². The number of carbonyl (C=O) groups excluding carboxylic acids is 3. The Bertz CT molecular complexity index is 1250. The van der Waals surface area contributed by atoms with E-state index in [1.807, 2.05) is 0 Å². The monoisotopic (exact) mass is 1130 g/mol. The molecule has 6 heteroatoms. The predicted octanol–water partition coefficient (Wildman–Crippen LogP) is 25.2. The number of carbonyl (C=O) groups is 3. The molecular weight excluding hydrogens is 985 g/mol. The van der Waals surface area contributed by atoms with Crippen molar-refractivity contribution in [3.05, 3.63) is 12.2 Å². The van der Waals surface area contributed by atoms with E-state index >= 15 is 0 Å². The molecule has 1 atom stereocenters. The molecule has 0 N–H and O–H groups in total. The van der Waals surface area contributed by atoms with Crippen molar-refractivity contribution in [2.24, 2.45) is 0 Å². The van der Waals surface area contributed by atoms with Crippen molar-refractivity contribution in [2.45, 2.75) is 431 Å². The third-order valence-electron chi connectivity index (χ3n) is 17.0. The lowest BCUT2D eigenvalue weighted by atomic mass is 10.0. The van der Waals surface area contributed by atoms with Gasteiger partial charge in [0.2, 0.25) is 0 Å². The lowest BCUT2D eigenvalue weighted by molar-refractivity contribution is -0.167. The zero-order chi connectivity index (χ0) is 57.8. The molecule has 0 aliphatic rings. The molecule has 0 fully saturated rings. The van der Waals surface area contributed by atoms with Crippen molar-refractivity contribution >= 4 is 17.9 Å². The number of unbranched alkanes of at least 4 members (excludes halogenated alkanes) is 56. The average Bonchev–Trinajstić information content (AvgIpc) is 3.46. The summed E-state index contributed by atoms with van der Waals surface area (Å²) in [4.78, 5) is 38.5. The minimum atomic E-state index is -0.767. The van der Waals surface area contributed by atoms with Crippen LogP contribution in [0.4, 0.5) is 0 Å². The maximum atomic E-state index is 13.0. The lowest BCUT2D eigenvalue weighted by Gasteiger charge is -2.18. The predicted molar refractivity (Wildman–Crippen MR) is 349 cm³/mol. The molecule has 0 aliphatic heterocycles. The van der Waals surface area contributed by atoms with Crippen molar-refractivity contribution in [3.8, 4) is 0 Å². The first-order chi connectivity index (χ1) is 39.5. The fraction of sp³-hybridized carbons (Fsp3) is 0.932. The van der Waals surface area contributed by atoms with Crippen LogP contribution in [-0.4, -0.2) is 37.2 Å². The van der Waals surface area contributed by atoms with Crippen LogP contribution in [0, 0.1) is 0 Å². The summed E-state index contributed by atoms with van der Waals surface area (Å²) < 4.78 is 17.0. The topological polar surface area (TPSA) is 78.9 Å². The lowest BCUT2D eigenvalue weighted by Crippen LogP contribution is -2.30. The Hall–Kier alpha value is -1.85. The zero-order valence-electron chi connectivity index (χ0n) is 54.6. The average molecular weight is 1130 g/mol. The minimum absolute atomic E-state index is 0.0629. The largest absolute Gasteiger partial charge is 0.462 e. The van der Waals surface area contributed by atoms with Gasteiger partial charge in [-0.15, -0.1) is 0 Å². The van der Waals surface area contributed by atoms with E-state index in [9.17, 15) is 14.4 Å². The highest BCUT2D eigenvalue weighted by Gasteiger charge is 2.20. The molecule has 0 aliphatic carbocycles. The molecule has 0 saturated carbocycles. The Labute approximate surface area is 501 Å². The van der Waals surface area contributed by atoms with E-state index in [0.29, 0.717) is 19.3 Å². The van der Waals surface area contributed by atoms with Gasteiger partial charge in [0.25, 0.3) is 0 Å². The van der Waals surface area contributed by atoms with Crippen LogP contribution in [-0.2, 0) is 28.6 Å². The molecular formula is C74H142O6. The van der Waals surface area contributed by atoms with Crippen molar-refractivity contribution in [2.75, 3.05) is 13.2 Å². The van der Waals surface area contributed by atoms with E-state index in [2.05, 4.69) is 32.9 Å². The summed E-state index contributed by atoms with van der Waals surface area (Å²) >= 11 is 0. The number of ether oxygens (including phenoxy) is 3. The fourth-order valence-electron chi connectivity index (χ4n) is 11.5. The van der Waals surface area contributed by atoms with Crippen LogP contribution in [0.1, 0.15) is 425 Å². The molecule has 0 spiro atoms. The second kappa shape index (κ2) is 69.6. The number of rotatable bonds is 69. The molecule has 474 valence electrons. The van der Waals surface area contributed by atoms with Crippen LogP contribution in [0.5, 0.6) is 0 Å². The highest BCUT2D eigenvalue weighted by Crippen LogP contribution is 2.19. The third-order valence-corrected chi connectivity index (χ3v) is 17.0. The summed E-state index contributed by atoms with van der Waals surface area (Å²) in [5.74, 6) is -0.826. The van der Waals surface area contributed by atoms with E-state index in [-0.39, 0.29) is 31.1 Å². The molecule has 0 bridgehead atoms. The summed E-state index contributed by atoms with van der Waals surface area (Å²) in [7, 11) is 0. The number of hydrogen-bond acceptors (Lipinski definition) is 6. The Morgan fingerprint density at radius 3 is 0.625 bits per heavy atom. The number of allylic oxidation sites excluding steroid dienone is 2. The van der Waals surface area contributed by atoms with Gasteiger partial charge in [-0.2, -0.15) is 0 Å². The van der Waals surface area contributed by atoms with Crippen molar-refractivity contribution in [1.29, 1.82) is 0 Å². The molecule has 0 aromatic rings. The molecule has 0 aromatic carbocycles. The molecule has 0 rings (SSSR count). The standard InChI is InChI=1S/C74H142O6/c1-4-7-10-13-16-19-22-25-28-30-32-34-36-37-39-40-42-44-46-49-52-55-58-61-64-67-73(76)79-70-71(69-78-72(75)66-63-60-57-54-51-48-27-24-21-18-15-12-9-6-3)80-74(77)68-65-62-59-56-53-50-47-45-43-41-38-35-33-31-29-26-23-20-17-14-11-8-5-2/h31,33,71H,4-30,32,34-70H2,1-3H3/b33-31-. The summed E-state index contributed by atoms with van der Waals surface area (Å²) in [6.07, 6.45) is 83.9. The van der Waals surface area contributed by atoms with Crippen LogP contribution < -0.4 is 0 Å². The molecule has 6 nitrogen and oxygen atoms in total. The van der Waals surface area contributed by atoms with Crippen molar-refractivity contribution < 1.29 is 28.6 Å². The van der Waals surface area contributed by atoms with E-state index in [1.165, 1.54) is 327 Å². The number of esters is 3. The Kier molecular flexibility index (Phi) is 68.0. The summed E-state index contributed by atoms with van der Waals surface area (Å²) in [6, 6.07) is 0. The highest BCUT2D eigenvalue weighted by molar-refractivity contribution is 5.71. The summed E-state index contributed by atoms with van der Waals surface area (Å²) in [5.41, 5.74) is 0. The maximum absolute atomic E-state index is 13.0. The van der Waals surface area contributed by atoms with Crippen molar-refractivity contribution in [3.63, 3.8) is 0 Å². The van der Waals surface area contributed by atoms with Crippen LogP contribution in [0.15, 0.2) is 12.2 Å². The van der Waals surface area contributed by atoms with Gasteiger partial charge in [0, 0.05) is 19.3 Å². The zero-order valence-corrected chi connectivity index (χ0v) is 54.6. The first kappa shape index (κ1) is 78.1. The van der Waals surface area contributed by atoms with Crippen LogP contribution in [0.25, 0.3) is 0 Å². The van der Waals surface area contributed by atoms with Crippen molar-refractivity contribution in [1.82, 2.24) is 0 Å². The van der Waals surface area contributed by atoms with Gasteiger partial charge in [-0.3, -0.25) is 14.4 Å². The SMILES string of the molecule is CCCCCCCCCC/C=C\CCCCCCCCCCCCCC(=O)OC(COC(=O)CCCCCCCCCCCCCCCC)COC(=O)CCCCCCCCCCCCCCCCCCCCCCCCCCC. The highest BCUT2D eigenvalue weighted by atomic mass is 16.6. The van der Waals surface area contributed by atoms with E-state index in [0.717, 1.165) is 57.8 Å². The molecule has 80 heavy (non-hydrogen) atoms.